The van der Waals surface area contributed by atoms with Gasteiger partial charge in [0, 0.05) is 35.7 Å². The summed E-state index contributed by atoms with van der Waals surface area (Å²) >= 11 is 1.87. The fraction of sp³-hybridized carbons (Fsp3) is 0.409. The number of aromatic nitrogens is 1. The number of para-hydroxylation sites is 1. The lowest BCUT2D eigenvalue weighted by Crippen LogP contribution is -2.44. The number of hydrogen-bond donors (Lipinski definition) is 3. The number of benzene rings is 1. The van der Waals surface area contributed by atoms with Gasteiger partial charge in [-0.3, -0.25) is 9.89 Å². The van der Waals surface area contributed by atoms with Crippen LogP contribution in [-0.2, 0) is 6.54 Å². The van der Waals surface area contributed by atoms with Crippen molar-refractivity contribution in [2.45, 2.75) is 25.4 Å². The lowest BCUT2D eigenvalue weighted by molar-refractivity contribution is 0.125. The molecule has 3 heterocycles. The third-order valence-corrected chi connectivity index (χ3v) is 6.57. The first-order chi connectivity index (χ1) is 13.7. The molecule has 2 atom stereocenters. The van der Waals surface area contributed by atoms with Gasteiger partial charge in [-0.2, -0.15) is 0 Å². The van der Waals surface area contributed by atoms with E-state index in [1.807, 2.05) is 18.4 Å². The molecule has 0 radical (unpaired) electrons. The van der Waals surface area contributed by atoms with Gasteiger partial charge in [0.1, 0.15) is 0 Å². The van der Waals surface area contributed by atoms with Gasteiger partial charge >= 0.3 is 0 Å². The highest BCUT2D eigenvalue weighted by Gasteiger charge is 2.31. The molecule has 0 bridgehead atoms. The largest absolute Gasteiger partial charge is 0.357 e. The van der Waals surface area contributed by atoms with Crippen molar-refractivity contribution < 1.29 is 0 Å². The Kier molecular flexibility index (Phi) is 5.98. The van der Waals surface area contributed by atoms with Crippen molar-refractivity contribution in [2.24, 2.45) is 10.9 Å². The highest BCUT2D eigenvalue weighted by Crippen LogP contribution is 2.36. The molecule has 2 aromatic heterocycles. The molecule has 1 saturated heterocycles. The Morgan fingerprint density at radius 2 is 2.14 bits per heavy atom. The average molecular weight is 396 g/mol. The molecule has 6 heteroatoms. The van der Waals surface area contributed by atoms with E-state index in [1.54, 1.807) is 0 Å². The van der Waals surface area contributed by atoms with Gasteiger partial charge in [0.15, 0.2) is 5.96 Å². The molecule has 3 N–H and O–H groups in total. The number of thiophene rings is 1. The minimum absolute atomic E-state index is 0.494. The molecular weight excluding hydrogens is 366 g/mol. The SMILES string of the molecule is CN=C(NCc1cc2ccccc2[nH]1)NCC1CCCN(C)C1c1cccs1. The standard InChI is InChI=1S/C22H29N5S/c1-23-22(25-15-18-13-16-7-3-4-9-19(16)26-18)24-14-17-8-5-11-27(2)21(17)20-10-6-12-28-20/h3-4,6-7,9-10,12-13,17,21,26H,5,8,11,14-15H2,1-2H3,(H2,23,24,25). The van der Waals surface area contributed by atoms with Crippen LogP contribution in [0.3, 0.4) is 0 Å². The van der Waals surface area contributed by atoms with Crippen molar-refractivity contribution in [3.63, 3.8) is 0 Å². The van der Waals surface area contributed by atoms with Gasteiger partial charge in [-0.25, -0.2) is 0 Å². The van der Waals surface area contributed by atoms with E-state index in [4.69, 9.17) is 0 Å². The van der Waals surface area contributed by atoms with E-state index in [9.17, 15) is 0 Å². The number of guanidine groups is 1. The molecule has 1 aromatic carbocycles. The van der Waals surface area contributed by atoms with Gasteiger partial charge in [-0.1, -0.05) is 24.3 Å². The molecule has 4 rings (SSSR count). The Balaban J connectivity index is 1.35. The topological polar surface area (TPSA) is 55.5 Å². The predicted molar refractivity (Wildman–Crippen MR) is 119 cm³/mol. The van der Waals surface area contributed by atoms with Gasteiger partial charge in [-0.15, -0.1) is 11.3 Å². The Morgan fingerprint density at radius 1 is 1.25 bits per heavy atom. The van der Waals surface area contributed by atoms with Crippen molar-refractivity contribution >= 4 is 28.2 Å². The summed E-state index contributed by atoms with van der Waals surface area (Å²) in [5.74, 6) is 1.45. The molecule has 1 fully saturated rings. The number of hydrogen-bond acceptors (Lipinski definition) is 3. The summed E-state index contributed by atoms with van der Waals surface area (Å²) in [6, 6.07) is 15.5. The first-order valence-corrected chi connectivity index (χ1v) is 10.9. The minimum Gasteiger partial charge on any atom is -0.357 e. The Labute approximate surface area is 170 Å². The van der Waals surface area contributed by atoms with Crippen LogP contribution in [0.4, 0.5) is 0 Å². The van der Waals surface area contributed by atoms with Gasteiger partial charge in [0.2, 0.25) is 0 Å². The van der Waals surface area contributed by atoms with Crippen LogP contribution in [0.1, 0.15) is 29.5 Å². The van der Waals surface area contributed by atoms with Gasteiger partial charge in [0.25, 0.3) is 0 Å². The quantitative estimate of drug-likeness (QED) is 0.452. The second-order valence-electron chi connectivity index (χ2n) is 7.53. The molecule has 0 amide bonds. The van der Waals surface area contributed by atoms with E-state index in [0.717, 1.165) is 24.7 Å². The molecule has 28 heavy (non-hydrogen) atoms. The number of aliphatic imine (C=N–C) groups is 1. The third kappa shape index (κ3) is 4.23. The molecule has 2 unspecified atom stereocenters. The van der Waals surface area contributed by atoms with Crippen LogP contribution in [0, 0.1) is 5.92 Å². The lowest BCUT2D eigenvalue weighted by Gasteiger charge is -2.39. The smallest absolute Gasteiger partial charge is 0.191 e. The molecule has 5 nitrogen and oxygen atoms in total. The maximum absolute atomic E-state index is 4.42. The number of piperidine rings is 1. The van der Waals surface area contributed by atoms with Crippen LogP contribution in [0.15, 0.2) is 52.8 Å². The molecule has 148 valence electrons. The molecule has 0 spiro atoms. The molecule has 1 aliphatic heterocycles. The Morgan fingerprint density at radius 3 is 2.93 bits per heavy atom. The number of likely N-dealkylation sites (tertiary alicyclic amines) is 1. The number of nitrogens with zero attached hydrogens (tertiary/aromatic N) is 2. The average Bonchev–Trinajstić information content (AvgIpc) is 3.37. The van der Waals surface area contributed by atoms with E-state index in [2.05, 4.69) is 80.4 Å². The van der Waals surface area contributed by atoms with E-state index >= 15 is 0 Å². The number of nitrogens with one attached hydrogen (secondary N) is 3. The third-order valence-electron chi connectivity index (χ3n) is 5.63. The number of aromatic amines is 1. The van der Waals surface area contributed by atoms with E-state index < -0.39 is 0 Å². The number of fused-ring (bicyclic) bond motifs is 1. The van der Waals surface area contributed by atoms with Crippen molar-refractivity contribution in [2.75, 3.05) is 27.2 Å². The summed E-state index contributed by atoms with van der Waals surface area (Å²) in [5, 5.41) is 10.4. The highest BCUT2D eigenvalue weighted by atomic mass is 32.1. The number of H-pyrrole nitrogens is 1. The van der Waals surface area contributed by atoms with Crippen LogP contribution >= 0.6 is 11.3 Å². The highest BCUT2D eigenvalue weighted by molar-refractivity contribution is 7.10. The second-order valence-corrected chi connectivity index (χ2v) is 8.51. The van der Waals surface area contributed by atoms with Crippen LogP contribution < -0.4 is 10.6 Å². The summed E-state index contributed by atoms with van der Waals surface area (Å²) in [5.41, 5.74) is 2.34. The zero-order valence-electron chi connectivity index (χ0n) is 16.6. The van der Waals surface area contributed by atoms with Crippen LogP contribution in [-0.4, -0.2) is 43.0 Å². The van der Waals surface area contributed by atoms with E-state index in [1.165, 1.54) is 35.2 Å². The van der Waals surface area contributed by atoms with Crippen LogP contribution in [0.5, 0.6) is 0 Å². The zero-order chi connectivity index (χ0) is 19.3. The monoisotopic (exact) mass is 395 g/mol. The maximum atomic E-state index is 4.42. The minimum atomic E-state index is 0.494. The van der Waals surface area contributed by atoms with Crippen LogP contribution in [0.25, 0.3) is 10.9 Å². The summed E-state index contributed by atoms with van der Waals surface area (Å²) in [6.45, 7) is 2.83. The number of rotatable bonds is 5. The van der Waals surface area contributed by atoms with Crippen molar-refractivity contribution in [1.29, 1.82) is 0 Å². The second kappa shape index (κ2) is 8.80. The molecular formula is C22H29N5S. The normalized spacial score (nSPS) is 21.1. The Hall–Kier alpha value is -2.31. The fourth-order valence-corrected chi connectivity index (χ4v) is 5.22. The molecule has 0 saturated carbocycles. The first-order valence-electron chi connectivity index (χ1n) is 9.99. The summed E-state index contributed by atoms with van der Waals surface area (Å²) < 4.78 is 0. The van der Waals surface area contributed by atoms with E-state index in [-0.39, 0.29) is 0 Å². The van der Waals surface area contributed by atoms with Crippen molar-refractivity contribution in [1.82, 2.24) is 20.5 Å². The van der Waals surface area contributed by atoms with Gasteiger partial charge in [-0.05, 0) is 61.3 Å². The summed E-state index contributed by atoms with van der Waals surface area (Å²) in [4.78, 5) is 11.8. The van der Waals surface area contributed by atoms with Crippen LogP contribution in [0.2, 0.25) is 0 Å². The molecule has 0 aliphatic carbocycles. The summed E-state index contributed by atoms with van der Waals surface area (Å²) in [7, 11) is 4.09. The van der Waals surface area contributed by atoms with Gasteiger partial charge in [0.05, 0.1) is 6.54 Å². The molecule has 1 aliphatic rings. The van der Waals surface area contributed by atoms with Crippen molar-refractivity contribution in [3.05, 3.63) is 58.4 Å². The molecule has 3 aromatic rings. The predicted octanol–water partition coefficient (Wildman–Crippen LogP) is 3.98. The summed E-state index contributed by atoms with van der Waals surface area (Å²) in [6.07, 6.45) is 2.50. The lowest BCUT2D eigenvalue weighted by atomic mass is 9.88. The maximum Gasteiger partial charge on any atom is 0.191 e. The van der Waals surface area contributed by atoms with E-state index in [0.29, 0.717) is 12.0 Å². The Bertz CT molecular complexity index is 881. The fourth-order valence-electron chi connectivity index (χ4n) is 4.24. The van der Waals surface area contributed by atoms with Crippen molar-refractivity contribution in [3.8, 4) is 0 Å². The first kappa shape index (κ1) is 19.0. The zero-order valence-corrected chi connectivity index (χ0v) is 17.4. The van der Waals surface area contributed by atoms with Gasteiger partial charge < -0.3 is 15.6 Å².